The van der Waals surface area contributed by atoms with E-state index in [1.807, 2.05) is 0 Å². The van der Waals surface area contributed by atoms with E-state index in [9.17, 15) is 8.78 Å². The molecule has 162 valence electrons. The normalized spacial score (nSPS) is 11.6. The molecule has 1 rings (SSSR count). The Morgan fingerprint density at radius 2 is 1.93 bits per heavy atom. The molecule has 0 heterocycles. The number of ether oxygens (including phenoxy) is 2. The van der Waals surface area contributed by atoms with Gasteiger partial charge in [0.1, 0.15) is 0 Å². The molecule has 0 saturated carbocycles. The maximum Gasteiger partial charge on any atom is 0.387 e. The number of halogens is 3. The number of nitrogens with zero attached hydrogens (tertiary/aromatic N) is 2. The van der Waals surface area contributed by atoms with Gasteiger partial charge < -0.3 is 20.1 Å². The average molecular weight is 514 g/mol. The summed E-state index contributed by atoms with van der Waals surface area (Å²) >= 11 is 0. The van der Waals surface area contributed by atoms with Crippen LogP contribution in [0.15, 0.2) is 23.2 Å². The third kappa shape index (κ3) is 9.22. The van der Waals surface area contributed by atoms with Gasteiger partial charge in [-0.2, -0.15) is 8.78 Å². The molecule has 0 spiro atoms. The number of aliphatic imine (C=N–C) groups is 1. The fourth-order valence-corrected chi connectivity index (χ4v) is 2.69. The van der Waals surface area contributed by atoms with Crippen molar-refractivity contribution in [2.75, 3.05) is 33.3 Å². The largest absolute Gasteiger partial charge is 0.490 e. The summed E-state index contributed by atoms with van der Waals surface area (Å²) in [6, 6.07) is 5.56. The van der Waals surface area contributed by atoms with Crippen molar-refractivity contribution in [1.82, 2.24) is 15.5 Å². The number of hydrogen-bond acceptors (Lipinski definition) is 4. The van der Waals surface area contributed by atoms with Gasteiger partial charge in [-0.25, -0.2) is 0 Å². The molecule has 0 saturated heterocycles. The molecule has 2 N–H and O–H groups in total. The first kappa shape index (κ1) is 26.6. The van der Waals surface area contributed by atoms with Crippen LogP contribution in [0, 0.1) is 0 Å². The summed E-state index contributed by atoms with van der Waals surface area (Å²) in [6.45, 7) is 8.55. The lowest BCUT2D eigenvalue weighted by Gasteiger charge is -2.25. The van der Waals surface area contributed by atoms with Gasteiger partial charge in [0, 0.05) is 38.3 Å². The highest BCUT2D eigenvalue weighted by Gasteiger charge is 2.16. The van der Waals surface area contributed by atoms with Crippen molar-refractivity contribution in [3.05, 3.63) is 23.8 Å². The van der Waals surface area contributed by atoms with Crippen LogP contribution in [0.25, 0.3) is 0 Å². The number of alkyl halides is 2. The van der Waals surface area contributed by atoms with Gasteiger partial charge >= 0.3 is 6.61 Å². The van der Waals surface area contributed by atoms with Crippen LogP contribution in [0.2, 0.25) is 0 Å². The average Bonchev–Trinajstić information content (AvgIpc) is 2.62. The zero-order valence-corrected chi connectivity index (χ0v) is 19.6. The Balaban J connectivity index is 0.00000729. The summed E-state index contributed by atoms with van der Waals surface area (Å²) in [5, 5.41) is 6.37. The minimum atomic E-state index is -2.92. The van der Waals surface area contributed by atoms with E-state index in [0.717, 1.165) is 19.6 Å². The zero-order valence-electron chi connectivity index (χ0n) is 17.3. The summed E-state index contributed by atoms with van der Waals surface area (Å²) < 4.78 is 35.7. The van der Waals surface area contributed by atoms with Crippen LogP contribution < -0.4 is 20.1 Å². The van der Waals surface area contributed by atoms with E-state index in [0.29, 0.717) is 29.9 Å². The maximum atomic E-state index is 12.8. The summed E-state index contributed by atoms with van der Waals surface area (Å²) in [5.74, 6) is 0.949. The molecule has 0 unspecified atom stereocenters. The number of nitrogens with one attached hydrogen (secondary N) is 2. The fourth-order valence-electron chi connectivity index (χ4n) is 2.69. The first-order valence-corrected chi connectivity index (χ1v) is 9.30. The molecule has 0 radical (unpaired) electrons. The number of rotatable bonds is 11. The Hall–Kier alpha value is -1.36. The smallest absolute Gasteiger partial charge is 0.387 e. The first-order chi connectivity index (χ1) is 12.9. The molecule has 0 aliphatic rings. The second-order valence-electron chi connectivity index (χ2n) is 6.13. The molecular weight excluding hydrogens is 481 g/mol. The van der Waals surface area contributed by atoms with Crippen LogP contribution >= 0.6 is 24.0 Å². The number of hydrogen-bond donors (Lipinski definition) is 2. The Morgan fingerprint density at radius 3 is 2.46 bits per heavy atom. The number of benzene rings is 1. The SMILES string of the molecule is CCOc1cccc(CNC(=NC)NCCN(CC)C(C)C)c1OC(F)F.I. The Bertz CT molecular complexity index is 589. The van der Waals surface area contributed by atoms with E-state index in [1.54, 1.807) is 32.2 Å². The van der Waals surface area contributed by atoms with E-state index in [4.69, 9.17) is 4.74 Å². The quantitative estimate of drug-likeness (QED) is 0.268. The number of para-hydroxylation sites is 1. The van der Waals surface area contributed by atoms with Crippen molar-refractivity contribution in [1.29, 1.82) is 0 Å². The molecule has 0 aliphatic carbocycles. The summed E-state index contributed by atoms with van der Waals surface area (Å²) in [7, 11) is 1.67. The second-order valence-corrected chi connectivity index (χ2v) is 6.13. The molecule has 0 aromatic heterocycles. The van der Waals surface area contributed by atoms with E-state index >= 15 is 0 Å². The molecule has 0 fully saturated rings. The summed E-state index contributed by atoms with van der Waals surface area (Å²) in [6.07, 6.45) is 0. The van der Waals surface area contributed by atoms with Crippen molar-refractivity contribution in [3.8, 4) is 11.5 Å². The third-order valence-electron chi connectivity index (χ3n) is 4.07. The third-order valence-corrected chi connectivity index (χ3v) is 4.07. The topological polar surface area (TPSA) is 58.1 Å². The summed E-state index contributed by atoms with van der Waals surface area (Å²) in [5.41, 5.74) is 0.571. The van der Waals surface area contributed by atoms with E-state index in [-0.39, 0.29) is 36.3 Å². The van der Waals surface area contributed by atoms with Crippen LogP contribution in [0.5, 0.6) is 11.5 Å². The Morgan fingerprint density at radius 1 is 1.21 bits per heavy atom. The molecule has 28 heavy (non-hydrogen) atoms. The minimum Gasteiger partial charge on any atom is -0.490 e. The van der Waals surface area contributed by atoms with Gasteiger partial charge in [0.05, 0.1) is 6.61 Å². The number of guanidine groups is 1. The van der Waals surface area contributed by atoms with Gasteiger partial charge in [-0.1, -0.05) is 19.1 Å². The molecule has 9 heteroatoms. The summed E-state index contributed by atoms with van der Waals surface area (Å²) in [4.78, 5) is 6.51. The van der Waals surface area contributed by atoms with Crippen LogP contribution in [0.3, 0.4) is 0 Å². The molecule has 1 aromatic carbocycles. The predicted molar refractivity (Wildman–Crippen MR) is 120 cm³/mol. The van der Waals surface area contributed by atoms with Crippen molar-refractivity contribution in [2.45, 2.75) is 46.9 Å². The van der Waals surface area contributed by atoms with E-state index in [2.05, 4.69) is 46.0 Å². The van der Waals surface area contributed by atoms with E-state index in [1.165, 1.54) is 0 Å². The lowest BCUT2D eigenvalue weighted by atomic mass is 10.2. The molecule has 0 aliphatic heterocycles. The highest BCUT2D eigenvalue weighted by Crippen LogP contribution is 2.32. The second kappa shape index (κ2) is 14.6. The van der Waals surface area contributed by atoms with Crippen molar-refractivity contribution >= 4 is 29.9 Å². The van der Waals surface area contributed by atoms with Gasteiger partial charge in [-0.15, -0.1) is 24.0 Å². The highest BCUT2D eigenvalue weighted by atomic mass is 127. The molecular formula is C19H33F2IN4O2. The Kier molecular flexibility index (Phi) is 13.9. The molecule has 6 nitrogen and oxygen atoms in total. The standard InChI is InChI=1S/C19H32F2N4O2.HI/c1-6-25(14(3)4)12-11-23-19(22-5)24-13-15-9-8-10-16(26-7-2)17(15)27-18(20)21;/h8-10,14,18H,6-7,11-13H2,1-5H3,(H2,22,23,24);1H. The maximum absolute atomic E-state index is 12.8. The minimum absolute atomic E-state index is 0. The lowest BCUT2D eigenvalue weighted by molar-refractivity contribution is -0.0520. The van der Waals surface area contributed by atoms with Crippen LogP contribution in [-0.4, -0.2) is 56.8 Å². The van der Waals surface area contributed by atoms with Crippen molar-refractivity contribution in [2.24, 2.45) is 4.99 Å². The van der Waals surface area contributed by atoms with Gasteiger partial charge in [0.15, 0.2) is 17.5 Å². The van der Waals surface area contributed by atoms with E-state index < -0.39 is 6.61 Å². The molecule has 0 atom stereocenters. The molecule has 0 bridgehead atoms. The van der Waals surface area contributed by atoms with Gasteiger partial charge in [0.2, 0.25) is 0 Å². The van der Waals surface area contributed by atoms with Gasteiger partial charge in [0.25, 0.3) is 0 Å². The first-order valence-electron chi connectivity index (χ1n) is 9.30. The number of likely N-dealkylation sites (N-methyl/N-ethyl adjacent to an activating group) is 1. The predicted octanol–water partition coefficient (Wildman–Crippen LogP) is 3.70. The monoisotopic (exact) mass is 514 g/mol. The zero-order chi connectivity index (χ0) is 20.2. The van der Waals surface area contributed by atoms with Crippen LogP contribution in [-0.2, 0) is 6.54 Å². The van der Waals surface area contributed by atoms with Gasteiger partial charge in [-0.05, 0) is 33.4 Å². The van der Waals surface area contributed by atoms with Gasteiger partial charge in [-0.3, -0.25) is 9.89 Å². The van der Waals surface area contributed by atoms with Crippen LogP contribution in [0.1, 0.15) is 33.3 Å². The van der Waals surface area contributed by atoms with Crippen molar-refractivity contribution in [3.63, 3.8) is 0 Å². The molecule has 1 aromatic rings. The molecule has 0 amide bonds. The fraction of sp³-hybridized carbons (Fsp3) is 0.632. The van der Waals surface area contributed by atoms with Crippen molar-refractivity contribution < 1.29 is 18.3 Å². The highest BCUT2D eigenvalue weighted by molar-refractivity contribution is 14.0. The Labute approximate surface area is 184 Å². The lowest BCUT2D eigenvalue weighted by Crippen LogP contribution is -2.42. The van der Waals surface area contributed by atoms with Crippen LogP contribution in [0.4, 0.5) is 8.78 Å².